The number of primary amides is 1. The highest BCUT2D eigenvalue weighted by Gasteiger charge is 2.50. The smallest absolute Gasteiger partial charge is 0.252 e. The highest BCUT2D eigenvalue weighted by Crippen LogP contribution is 2.61. The van der Waals surface area contributed by atoms with E-state index < -0.39 is 14.2 Å². The maximum atomic E-state index is 12.6. The molecule has 0 saturated heterocycles. The zero-order valence-corrected chi connectivity index (χ0v) is 32.3. The van der Waals surface area contributed by atoms with Crippen LogP contribution in [-0.4, -0.2) is 33.4 Å². The standard InChI is InChI=1S/C43H60N2O4Si/c1-30(19-32-13-10-14-37(23-32)47-18-17-43-25-33-20-34(26-43)22-35(21-33)27-43)45-28-40(49-50(5,6)42(2,3)4)36-15-16-39(38(24-36)41(44)46)48-29-31-11-8-7-9-12-31/h7-16,23-24,30,33-35,40,45H,17-22,25-29H2,1-6H3,(H2,44,46)/t30-,33?,34?,35?,40+,43?/m1/s1. The molecule has 3 aromatic rings. The van der Waals surface area contributed by atoms with Crippen molar-refractivity contribution >= 4 is 14.2 Å². The van der Waals surface area contributed by atoms with Gasteiger partial charge in [-0.05, 0) is 141 Å². The summed E-state index contributed by atoms with van der Waals surface area (Å²) in [6.07, 6.45) is 10.6. The number of rotatable bonds is 16. The van der Waals surface area contributed by atoms with Gasteiger partial charge in [0.1, 0.15) is 18.1 Å². The summed E-state index contributed by atoms with van der Waals surface area (Å²) < 4.78 is 19.5. The Bertz CT molecular complexity index is 1560. The fraction of sp³-hybridized carbons (Fsp3) is 0.558. The van der Waals surface area contributed by atoms with Gasteiger partial charge in [0.2, 0.25) is 0 Å². The van der Waals surface area contributed by atoms with Crippen molar-refractivity contribution in [2.24, 2.45) is 28.9 Å². The molecule has 0 aliphatic heterocycles. The molecule has 0 unspecified atom stereocenters. The summed E-state index contributed by atoms with van der Waals surface area (Å²) in [7, 11) is -2.16. The van der Waals surface area contributed by atoms with Crippen LogP contribution in [0.25, 0.3) is 0 Å². The molecule has 4 aliphatic carbocycles. The molecule has 6 nitrogen and oxygen atoms in total. The number of carbonyl (C=O) groups excluding carboxylic acids is 1. The lowest BCUT2D eigenvalue weighted by molar-refractivity contribution is -0.0622. The number of benzene rings is 3. The summed E-state index contributed by atoms with van der Waals surface area (Å²) in [6.45, 7) is 15.3. The van der Waals surface area contributed by atoms with Crippen molar-refractivity contribution in [3.8, 4) is 11.5 Å². The Morgan fingerprint density at radius 2 is 1.56 bits per heavy atom. The van der Waals surface area contributed by atoms with Gasteiger partial charge in [0, 0.05) is 12.6 Å². The molecule has 3 aromatic carbocycles. The molecule has 4 bridgehead atoms. The van der Waals surface area contributed by atoms with Crippen molar-refractivity contribution in [1.82, 2.24) is 5.32 Å². The van der Waals surface area contributed by atoms with Crippen LogP contribution in [0.2, 0.25) is 18.1 Å². The molecule has 0 spiro atoms. The monoisotopic (exact) mass is 696 g/mol. The lowest BCUT2D eigenvalue weighted by atomic mass is 9.49. The van der Waals surface area contributed by atoms with Crippen LogP contribution in [0, 0.1) is 23.2 Å². The van der Waals surface area contributed by atoms with Gasteiger partial charge in [-0.3, -0.25) is 4.79 Å². The van der Waals surface area contributed by atoms with Crippen LogP contribution in [-0.2, 0) is 17.5 Å². The van der Waals surface area contributed by atoms with E-state index in [0.717, 1.165) is 47.7 Å². The van der Waals surface area contributed by atoms with E-state index in [1.54, 1.807) is 0 Å². The van der Waals surface area contributed by atoms with Gasteiger partial charge in [-0.2, -0.15) is 0 Å². The van der Waals surface area contributed by atoms with Crippen LogP contribution in [0.15, 0.2) is 72.8 Å². The van der Waals surface area contributed by atoms with Crippen LogP contribution in [0.5, 0.6) is 11.5 Å². The van der Waals surface area contributed by atoms with E-state index in [2.05, 4.69) is 70.4 Å². The van der Waals surface area contributed by atoms with E-state index in [9.17, 15) is 4.79 Å². The van der Waals surface area contributed by atoms with E-state index >= 15 is 0 Å². The predicted octanol–water partition coefficient (Wildman–Crippen LogP) is 9.63. The maximum Gasteiger partial charge on any atom is 0.252 e. The molecule has 270 valence electrons. The summed E-state index contributed by atoms with van der Waals surface area (Å²) in [5.74, 6) is 3.89. The molecule has 4 aliphatic rings. The summed E-state index contributed by atoms with van der Waals surface area (Å²) >= 11 is 0. The number of nitrogens with one attached hydrogen (secondary N) is 1. The third kappa shape index (κ3) is 9.01. The summed E-state index contributed by atoms with van der Waals surface area (Å²) in [5.41, 5.74) is 10.0. The zero-order chi connectivity index (χ0) is 35.5. The number of hydrogen-bond acceptors (Lipinski definition) is 5. The van der Waals surface area contributed by atoms with Crippen LogP contribution in [0.4, 0.5) is 0 Å². The Labute approximate surface area is 302 Å². The minimum Gasteiger partial charge on any atom is -0.494 e. The van der Waals surface area contributed by atoms with E-state index in [4.69, 9.17) is 19.6 Å². The minimum absolute atomic E-state index is 0.0260. The zero-order valence-electron chi connectivity index (χ0n) is 31.3. The Morgan fingerprint density at radius 1 is 0.900 bits per heavy atom. The molecule has 2 atom stereocenters. The first-order chi connectivity index (χ1) is 23.8. The van der Waals surface area contributed by atoms with Crippen LogP contribution < -0.4 is 20.5 Å². The van der Waals surface area contributed by atoms with Gasteiger partial charge in [0.05, 0.1) is 18.3 Å². The van der Waals surface area contributed by atoms with Crippen molar-refractivity contribution in [2.75, 3.05) is 13.2 Å². The summed E-state index contributed by atoms with van der Waals surface area (Å²) in [5, 5.41) is 3.79. The number of carbonyl (C=O) groups is 1. The number of ether oxygens (including phenoxy) is 2. The SMILES string of the molecule is C[C@H](Cc1cccc(OCCC23CC4CC(CC(C4)C2)C3)c1)NC[C@H](O[Si](C)(C)C(C)(C)C)c1ccc(OCc2ccccc2)c(C(N)=O)c1. The third-order valence-electron chi connectivity index (χ3n) is 12.3. The predicted molar refractivity (Wildman–Crippen MR) is 205 cm³/mol. The number of amides is 1. The van der Waals surface area contributed by atoms with Crippen LogP contribution in [0.3, 0.4) is 0 Å². The third-order valence-corrected chi connectivity index (χ3v) is 16.8. The molecular formula is C43H60N2O4Si. The second-order valence-corrected chi connectivity index (χ2v) is 22.2. The Morgan fingerprint density at radius 3 is 2.20 bits per heavy atom. The molecule has 0 heterocycles. The van der Waals surface area contributed by atoms with Gasteiger partial charge in [0.15, 0.2) is 8.32 Å². The van der Waals surface area contributed by atoms with Crippen molar-refractivity contribution in [3.05, 3.63) is 95.1 Å². The van der Waals surface area contributed by atoms with Crippen LogP contribution in [0.1, 0.15) is 106 Å². The lowest BCUT2D eigenvalue weighted by Crippen LogP contribution is -2.46. The van der Waals surface area contributed by atoms with Crippen molar-refractivity contribution < 1.29 is 18.7 Å². The molecule has 4 saturated carbocycles. The maximum absolute atomic E-state index is 12.6. The fourth-order valence-electron chi connectivity index (χ4n) is 9.04. The van der Waals surface area contributed by atoms with Crippen molar-refractivity contribution in [3.63, 3.8) is 0 Å². The highest BCUT2D eigenvalue weighted by molar-refractivity contribution is 6.74. The molecule has 7 rings (SSSR count). The van der Waals surface area contributed by atoms with Gasteiger partial charge in [-0.25, -0.2) is 0 Å². The average molecular weight is 697 g/mol. The van der Waals surface area contributed by atoms with E-state index in [-0.39, 0.29) is 17.2 Å². The Kier molecular flexibility index (Phi) is 11.2. The molecule has 3 N–H and O–H groups in total. The van der Waals surface area contributed by atoms with E-state index in [1.807, 2.05) is 48.5 Å². The molecule has 50 heavy (non-hydrogen) atoms. The number of nitrogens with two attached hydrogens (primary N) is 1. The Balaban J connectivity index is 1.08. The first kappa shape index (κ1) is 36.7. The van der Waals surface area contributed by atoms with Gasteiger partial charge in [-0.1, -0.05) is 69.3 Å². The summed E-state index contributed by atoms with van der Waals surface area (Å²) in [6, 6.07) is 24.5. The molecule has 1 amide bonds. The molecule has 0 aromatic heterocycles. The van der Waals surface area contributed by atoms with E-state index in [1.165, 1.54) is 50.5 Å². The Hall–Kier alpha value is -3.13. The van der Waals surface area contributed by atoms with Gasteiger partial charge < -0.3 is 25.0 Å². The minimum atomic E-state index is -2.16. The number of hydrogen-bond donors (Lipinski definition) is 2. The first-order valence-corrected chi connectivity index (χ1v) is 21.9. The fourth-order valence-corrected chi connectivity index (χ4v) is 10.3. The summed E-state index contributed by atoms with van der Waals surface area (Å²) in [4.78, 5) is 12.6. The molecular weight excluding hydrogens is 637 g/mol. The van der Waals surface area contributed by atoms with E-state index in [0.29, 0.717) is 29.9 Å². The van der Waals surface area contributed by atoms with Gasteiger partial charge in [0.25, 0.3) is 5.91 Å². The topological polar surface area (TPSA) is 82.8 Å². The quantitative estimate of drug-likeness (QED) is 0.146. The van der Waals surface area contributed by atoms with Gasteiger partial charge >= 0.3 is 0 Å². The van der Waals surface area contributed by atoms with Crippen molar-refractivity contribution in [1.29, 1.82) is 0 Å². The van der Waals surface area contributed by atoms with Gasteiger partial charge in [-0.15, -0.1) is 0 Å². The first-order valence-electron chi connectivity index (χ1n) is 19.0. The van der Waals surface area contributed by atoms with Crippen molar-refractivity contribution in [2.45, 2.75) is 116 Å². The second kappa shape index (κ2) is 15.2. The largest absolute Gasteiger partial charge is 0.494 e. The molecule has 7 heteroatoms. The highest BCUT2D eigenvalue weighted by atomic mass is 28.4. The normalized spacial score (nSPS) is 24.2. The second-order valence-electron chi connectivity index (χ2n) is 17.4. The molecule has 4 fully saturated rings. The average Bonchev–Trinajstić information content (AvgIpc) is 3.05. The van der Waals surface area contributed by atoms with Crippen LogP contribution >= 0.6 is 0 Å². The molecule has 0 radical (unpaired) electrons. The lowest BCUT2D eigenvalue weighted by Gasteiger charge is -2.57.